The predicted molar refractivity (Wildman–Crippen MR) is 93.2 cm³/mol. The molecule has 10 heteroatoms. The number of amides is 4. The molecule has 3 atom stereocenters. The van der Waals surface area contributed by atoms with Crippen LogP contribution < -0.4 is 17.2 Å². The van der Waals surface area contributed by atoms with E-state index in [2.05, 4.69) is 12.6 Å². The zero-order valence-electron chi connectivity index (χ0n) is 14.0. The highest BCUT2D eigenvalue weighted by Crippen LogP contribution is 2.39. The lowest BCUT2D eigenvalue weighted by Crippen LogP contribution is -2.79. The quantitative estimate of drug-likeness (QED) is 0.300. The Balaban J connectivity index is 2.13. The molecule has 0 aliphatic carbocycles. The second-order valence-electron chi connectivity index (χ2n) is 6.62. The van der Waals surface area contributed by atoms with Gasteiger partial charge in [0.2, 0.25) is 17.7 Å². The van der Waals surface area contributed by atoms with E-state index in [0.717, 1.165) is 12.8 Å². The minimum absolute atomic E-state index is 0.0111. The third-order valence-electron chi connectivity index (χ3n) is 4.99. The minimum atomic E-state index is -0.962. The summed E-state index contributed by atoms with van der Waals surface area (Å²) in [5.74, 6) is -1.68. The summed E-state index contributed by atoms with van der Waals surface area (Å²) in [6, 6.07) is -1.68. The molecule has 9 nitrogen and oxygen atoms in total. The van der Waals surface area contributed by atoms with Gasteiger partial charge in [0.05, 0.1) is 12.6 Å². The summed E-state index contributed by atoms with van der Waals surface area (Å²) >= 11 is 4.08. The lowest BCUT2D eigenvalue weighted by molar-refractivity contribution is -0.180. The lowest BCUT2D eigenvalue weighted by Gasteiger charge is -2.58. The molecule has 0 aromatic rings. The first-order valence-corrected chi connectivity index (χ1v) is 8.94. The fourth-order valence-electron chi connectivity index (χ4n) is 3.56. The number of primary amides is 2. The smallest absolute Gasteiger partial charge is 0.251 e. The van der Waals surface area contributed by atoms with Crippen LogP contribution in [-0.4, -0.2) is 69.9 Å². The highest BCUT2D eigenvalue weighted by molar-refractivity contribution is 7.80. The Hall–Kier alpha value is -1.81. The van der Waals surface area contributed by atoms with E-state index in [-0.39, 0.29) is 37.0 Å². The number of thiol groups is 1. The standard InChI is InChI=1S/C15H25N5O4S/c16-9(3-4-11(17)21)13(23)20-6-2-1-5-15(20)8-19(14(15)24)10(7-25)12(18)22/h9-10,25H,1-8,16H2,(H2,17,21)(H2,18,22)/t9-,10?,15?/m0/s1. The van der Waals surface area contributed by atoms with Crippen LogP contribution in [0.4, 0.5) is 0 Å². The molecule has 2 aliphatic heterocycles. The number of nitrogens with two attached hydrogens (primary N) is 3. The molecule has 1 spiro atoms. The van der Waals surface area contributed by atoms with E-state index < -0.39 is 29.4 Å². The number of hydrogen-bond acceptors (Lipinski definition) is 6. The van der Waals surface area contributed by atoms with E-state index in [1.807, 2.05) is 0 Å². The van der Waals surface area contributed by atoms with Gasteiger partial charge in [-0.2, -0.15) is 12.6 Å². The van der Waals surface area contributed by atoms with Gasteiger partial charge < -0.3 is 27.0 Å². The topological polar surface area (TPSA) is 153 Å². The van der Waals surface area contributed by atoms with Crippen molar-refractivity contribution in [2.75, 3.05) is 18.8 Å². The first-order valence-electron chi connectivity index (χ1n) is 8.31. The molecular formula is C15H25N5O4S. The highest BCUT2D eigenvalue weighted by atomic mass is 32.1. The number of likely N-dealkylation sites (tertiary alicyclic amines) is 2. The zero-order chi connectivity index (χ0) is 18.8. The van der Waals surface area contributed by atoms with Crippen LogP contribution in [0.5, 0.6) is 0 Å². The first-order chi connectivity index (χ1) is 11.7. The number of nitrogens with zero attached hydrogens (tertiary/aromatic N) is 2. The summed E-state index contributed by atoms with van der Waals surface area (Å²) in [5, 5.41) is 0. The van der Waals surface area contributed by atoms with Crippen molar-refractivity contribution >= 4 is 36.3 Å². The molecule has 2 rings (SSSR count). The summed E-state index contributed by atoms with van der Waals surface area (Å²) in [5.41, 5.74) is 15.4. The summed E-state index contributed by atoms with van der Waals surface area (Å²) in [7, 11) is 0. The van der Waals surface area contributed by atoms with Gasteiger partial charge in [0.1, 0.15) is 11.6 Å². The monoisotopic (exact) mass is 371 g/mol. The minimum Gasteiger partial charge on any atom is -0.370 e. The Morgan fingerprint density at radius 3 is 2.44 bits per heavy atom. The molecule has 2 unspecified atom stereocenters. The molecular weight excluding hydrogens is 346 g/mol. The molecule has 0 aromatic heterocycles. The van der Waals surface area contributed by atoms with Gasteiger partial charge in [-0.1, -0.05) is 0 Å². The Labute approximate surface area is 151 Å². The number of carbonyl (C=O) groups is 4. The number of piperidine rings is 1. The third kappa shape index (κ3) is 3.59. The SMILES string of the molecule is NC(=O)CC[C@H](N)C(=O)N1CCCCC12CN(C(CS)C(N)=O)C2=O. The summed E-state index contributed by atoms with van der Waals surface area (Å²) in [6.07, 6.45) is 2.25. The van der Waals surface area contributed by atoms with Crippen molar-refractivity contribution < 1.29 is 19.2 Å². The van der Waals surface area contributed by atoms with E-state index in [0.29, 0.717) is 13.0 Å². The molecule has 2 aliphatic rings. The van der Waals surface area contributed by atoms with Crippen molar-refractivity contribution in [1.29, 1.82) is 0 Å². The maximum atomic E-state index is 12.8. The van der Waals surface area contributed by atoms with Gasteiger partial charge in [0.25, 0.3) is 5.91 Å². The molecule has 2 heterocycles. The van der Waals surface area contributed by atoms with Crippen LogP contribution in [0.15, 0.2) is 0 Å². The molecule has 0 radical (unpaired) electrons. The first kappa shape index (κ1) is 19.5. The predicted octanol–water partition coefficient (Wildman–Crippen LogP) is -2.04. The van der Waals surface area contributed by atoms with Crippen molar-refractivity contribution in [3.63, 3.8) is 0 Å². The average Bonchev–Trinajstić information content (AvgIpc) is 2.58. The van der Waals surface area contributed by atoms with E-state index >= 15 is 0 Å². The third-order valence-corrected chi connectivity index (χ3v) is 5.34. The van der Waals surface area contributed by atoms with Gasteiger partial charge in [-0.15, -0.1) is 0 Å². The van der Waals surface area contributed by atoms with Gasteiger partial charge in [-0.3, -0.25) is 19.2 Å². The van der Waals surface area contributed by atoms with Crippen LogP contribution >= 0.6 is 12.6 Å². The van der Waals surface area contributed by atoms with Crippen LogP contribution in [0.3, 0.4) is 0 Å². The van der Waals surface area contributed by atoms with Crippen LogP contribution in [0.25, 0.3) is 0 Å². The van der Waals surface area contributed by atoms with Gasteiger partial charge >= 0.3 is 0 Å². The number of carbonyl (C=O) groups excluding carboxylic acids is 4. The van der Waals surface area contributed by atoms with Gasteiger partial charge in [-0.05, 0) is 25.7 Å². The second kappa shape index (κ2) is 7.61. The molecule has 25 heavy (non-hydrogen) atoms. The summed E-state index contributed by atoms with van der Waals surface area (Å²) < 4.78 is 0. The van der Waals surface area contributed by atoms with Crippen molar-refractivity contribution in [1.82, 2.24) is 9.80 Å². The molecule has 140 valence electrons. The number of rotatable bonds is 7. The number of β-lactam (4-membered cyclic amide) rings is 1. The van der Waals surface area contributed by atoms with Crippen LogP contribution in [0, 0.1) is 0 Å². The van der Waals surface area contributed by atoms with Gasteiger partial charge in [0.15, 0.2) is 0 Å². The largest absolute Gasteiger partial charge is 0.370 e. The fourth-order valence-corrected chi connectivity index (χ4v) is 3.93. The summed E-state index contributed by atoms with van der Waals surface area (Å²) in [4.78, 5) is 50.8. The lowest BCUT2D eigenvalue weighted by atomic mass is 9.77. The molecule has 0 aromatic carbocycles. The van der Waals surface area contributed by atoms with E-state index in [1.54, 1.807) is 0 Å². The molecule has 4 amide bonds. The summed E-state index contributed by atoms with van der Waals surface area (Å²) in [6.45, 7) is 0.666. The molecule has 2 saturated heterocycles. The molecule has 0 saturated carbocycles. The fraction of sp³-hybridized carbons (Fsp3) is 0.733. The zero-order valence-corrected chi connectivity index (χ0v) is 14.9. The Morgan fingerprint density at radius 2 is 1.92 bits per heavy atom. The number of hydrogen-bond donors (Lipinski definition) is 4. The Bertz CT molecular complexity index is 586. The van der Waals surface area contributed by atoms with Crippen molar-refractivity contribution in [2.24, 2.45) is 17.2 Å². The molecule has 0 bridgehead atoms. The van der Waals surface area contributed by atoms with Gasteiger partial charge in [0, 0.05) is 18.7 Å². The maximum Gasteiger partial charge on any atom is 0.251 e. The van der Waals surface area contributed by atoms with Crippen molar-refractivity contribution in [3.8, 4) is 0 Å². The van der Waals surface area contributed by atoms with E-state index in [1.165, 1.54) is 9.80 Å². The van der Waals surface area contributed by atoms with Crippen LogP contribution in [0.2, 0.25) is 0 Å². The van der Waals surface area contributed by atoms with E-state index in [9.17, 15) is 19.2 Å². The second-order valence-corrected chi connectivity index (χ2v) is 6.99. The highest BCUT2D eigenvalue weighted by Gasteiger charge is 2.60. The van der Waals surface area contributed by atoms with Crippen molar-refractivity contribution in [3.05, 3.63) is 0 Å². The molecule has 2 fully saturated rings. The van der Waals surface area contributed by atoms with E-state index in [4.69, 9.17) is 17.2 Å². The maximum absolute atomic E-state index is 12.8. The van der Waals surface area contributed by atoms with Crippen molar-refractivity contribution in [2.45, 2.75) is 49.7 Å². The van der Waals surface area contributed by atoms with Crippen LogP contribution in [-0.2, 0) is 19.2 Å². The normalized spacial score (nSPS) is 25.4. The van der Waals surface area contributed by atoms with Gasteiger partial charge in [-0.25, -0.2) is 0 Å². The Morgan fingerprint density at radius 1 is 1.24 bits per heavy atom. The Kier molecular flexibility index (Phi) is 5.94. The molecule has 6 N–H and O–H groups in total. The average molecular weight is 371 g/mol. The van der Waals surface area contributed by atoms with Crippen LogP contribution in [0.1, 0.15) is 32.1 Å².